The summed E-state index contributed by atoms with van der Waals surface area (Å²) in [6.45, 7) is -0.137. The summed E-state index contributed by atoms with van der Waals surface area (Å²) < 4.78 is 71.5. The van der Waals surface area contributed by atoms with Gasteiger partial charge >= 0.3 is 6.18 Å². The molecule has 0 bridgehead atoms. The average Bonchev–Trinajstić information content (AvgIpc) is 2.78. The molecule has 0 fully saturated rings. The highest BCUT2D eigenvalue weighted by Crippen LogP contribution is 2.31. The van der Waals surface area contributed by atoms with E-state index in [4.69, 9.17) is 0 Å². The van der Waals surface area contributed by atoms with Crippen molar-refractivity contribution in [2.24, 2.45) is 7.05 Å². The molecule has 0 unspecified atom stereocenters. The van der Waals surface area contributed by atoms with Crippen molar-refractivity contribution < 1.29 is 30.8 Å². The van der Waals surface area contributed by atoms with Gasteiger partial charge in [-0.15, -0.1) is 0 Å². The van der Waals surface area contributed by atoms with Crippen LogP contribution >= 0.6 is 0 Å². The molecule has 120 valence electrons. The Balaban J connectivity index is 2.21. The van der Waals surface area contributed by atoms with Gasteiger partial charge in [-0.3, -0.25) is 4.68 Å². The van der Waals surface area contributed by atoms with Crippen LogP contribution in [0.15, 0.2) is 24.5 Å². The van der Waals surface area contributed by atoms with Gasteiger partial charge in [-0.1, -0.05) is 4.68 Å². The molecule has 0 aliphatic carbocycles. The van der Waals surface area contributed by atoms with Gasteiger partial charge < -0.3 is 4.55 Å². The van der Waals surface area contributed by atoms with Crippen LogP contribution in [-0.4, -0.2) is 33.6 Å². The third-order valence-electron chi connectivity index (χ3n) is 2.81. The molecule has 2 aromatic heterocycles. The van der Waals surface area contributed by atoms with Gasteiger partial charge in [-0.25, -0.2) is 8.42 Å². The van der Waals surface area contributed by atoms with Crippen molar-refractivity contribution in [3.63, 3.8) is 0 Å². The van der Waals surface area contributed by atoms with Crippen LogP contribution in [0, 0.1) is 0 Å². The number of aryl methyl sites for hydroxylation is 2. The fourth-order valence-corrected chi connectivity index (χ4v) is 2.16. The van der Waals surface area contributed by atoms with Gasteiger partial charge in [0.2, 0.25) is 0 Å². The number of alkyl halides is 3. The van der Waals surface area contributed by atoms with Crippen LogP contribution in [0.4, 0.5) is 13.2 Å². The molecule has 2 heterocycles. The molecule has 0 radical (unpaired) electrons. The third kappa shape index (κ3) is 4.01. The lowest BCUT2D eigenvalue weighted by Gasteiger charge is -2.04. The van der Waals surface area contributed by atoms with E-state index in [2.05, 4.69) is 10.2 Å². The van der Waals surface area contributed by atoms with E-state index in [1.54, 1.807) is 0 Å². The Bertz CT molecular complexity index is 769. The highest BCUT2D eigenvalue weighted by atomic mass is 32.2. The van der Waals surface area contributed by atoms with E-state index in [-0.39, 0.29) is 12.2 Å². The van der Waals surface area contributed by atoms with E-state index >= 15 is 0 Å². The molecule has 7 nitrogen and oxygen atoms in total. The fourth-order valence-electron chi connectivity index (χ4n) is 1.75. The molecule has 0 saturated heterocycles. The SMILES string of the molecule is Cn1nc(-c2cc[n+](CCS(=O)(=O)[O-])nc2)cc1C(F)(F)F. The molecule has 0 atom stereocenters. The minimum absolute atomic E-state index is 0.0888. The second-order valence-electron chi connectivity index (χ2n) is 4.48. The van der Waals surface area contributed by atoms with Gasteiger partial charge in [0.15, 0.2) is 12.7 Å². The minimum Gasteiger partial charge on any atom is -0.748 e. The Hall–Kier alpha value is -2.01. The standard InChI is InChI=1S/C11H11F3N4O3S/c1-17-10(11(12,13)14)6-9(16-17)8-2-3-18(15-7-8)4-5-22(19,20)21/h2-3,6-7H,4-5H2,1H3. The van der Waals surface area contributed by atoms with Crippen LogP contribution in [0.5, 0.6) is 0 Å². The summed E-state index contributed by atoms with van der Waals surface area (Å²) >= 11 is 0. The molecular formula is C11H11F3N4O3S. The Morgan fingerprint density at radius 1 is 1.41 bits per heavy atom. The van der Waals surface area contributed by atoms with Crippen molar-refractivity contribution in [3.8, 4) is 11.3 Å². The molecule has 0 aliphatic rings. The van der Waals surface area contributed by atoms with Gasteiger partial charge in [0.05, 0.1) is 11.4 Å². The molecule has 11 heteroatoms. The Morgan fingerprint density at radius 3 is 2.55 bits per heavy atom. The molecule has 0 saturated carbocycles. The smallest absolute Gasteiger partial charge is 0.433 e. The van der Waals surface area contributed by atoms with Crippen LogP contribution < -0.4 is 4.68 Å². The zero-order valence-electron chi connectivity index (χ0n) is 11.3. The predicted octanol–water partition coefficient (Wildman–Crippen LogP) is 0.334. The zero-order chi connectivity index (χ0) is 16.5. The maximum atomic E-state index is 12.7. The van der Waals surface area contributed by atoms with E-state index in [1.165, 1.54) is 30.2 Å². The Kier molecular flexibility index (Phi) is 4.20. The maximum absolute atomic E-state index is 12.7. The summed E-state index contributed by atoms with van der Waals surface area (Å²) in [5, 5.41) is 7.61. The summed E-state index contributed by atoms with van der Waals surface area (Å²) in [7, 11) is -3.17. The predicted molar refractivity (Wildman–Crippen MR) is 66.2 cm³/mol. The van der Waals surface area contributed by atoms with Gasteiger partial charge in [0.1, 0.15) is 22.0 Å². The van der Waals surface area contributed by atoms with Crippen LogP contribution in [0.2, 0.25) is 0 Å². The Labute approximate surface area is 123 Å². The van der Waals surface area contributed by atoms with E-state index in [0.29, 0.717) is 5.56 Å². The van der Waals surface area contributed by atoms with Crippen LogP contribution in [0.3, 0.4) is 0 Å². The van der Waals surface area contributed by atoms with E-state index in [9.17, 15) is 26.1 Å². The van der Waals surface area contributed by atoms with Crippen molar-refractivity contribution in [2.45, 2.75) is 12.7 Å². The first kappa shape index (κ1) is 16.4. The molecule has 22 heavy (non-hydrogen) atoms. The molecule has 0 amide bonds. The topological polar surface area (TPSA) is 91.8 Å². The summed E-state index contributed by atoms with van der Waals surface area (Å²) in [5.74, 6) is -0.619. The minimum atomic E-state index is -4.51. The number of hydrogen-bond acceptors (Lipinski definition) is 5. The molecule has 0 aliphatic heterocycles. The second-order valence-corrected chi connectivity index (χ2v) is 6.00. The van der Waals surface area contributed by atoms with Crippen molar-refractivity contribution in [1.29, 1.82) is 0 Å². The average molecular weight is 336 g/mol. The van der Waals surface area contributed by atoms with Crippen LogP contribution in [-0.2, 0) is 29.9 Å². The largest absolute Gasteiger partial charge is 0.748 e. The van der Waals surface area contributed by atoms with Gasteiger partial charge in [0.25, 0.3) is 0 Å². The number of halogens is 3. The van der Waals surface area contributed by atoms with E-state index in [1.807, 2.05) is 0 Å². The maximum Gasteiger partial charge on any atom is 0.433 e. The summed E-state index contributed by atoms with van der Waals surface area (Å²) in [5.41, 5.74) is -0.463. The molecule has 2 rings (SSSR count). The third-order valence-corrected chi connectivity index (χ3v) is 3.49. The molecule has 0 N–H and O–H groups in total. The van der Waals surface area contributed by atoms with Gasteiger partial charge in [-0.2, -0.15) is 18.3 Å². The first-order valence-electron chi connectivity index (χ1n) is 5.97. The number of rotatable bonds is 4. The van der Waals surface area contributed by atoms with Gasteiger partial charge in [-0.05, 0) is 11.2 Å². The molecule has 2 aromatic rings. The number of hydrogen-bond donors (Lipinski definition) is 0. The highest BCUT2D eigenvalue weighted by molar-refractivity contribution is 7.85. The van der Waals surface area contributed by atoms with Gasteiger partial charge in [0, 0.05) is 18.7 Å². The normalized spacial score (nSPS) is 12.6. The Morgan fingerprint density at radius 2 is 2.09 bits per heavy atom. The fraction of sp³-hybridized carbons (Fsp3) is 0.364. The van der Waals surface area contributed by atoms with Crippen LogP contribution in [0.1, 0.15) is 5.69 Å². The number of nitrogens with zero attached hydrogens (tertiary/aromatic N) is 4. The van der Waals surface area contributed by atoms with Crippen molar-refractivity contribution in [3.05, 3.63) is 30.2 Å². The zero-order valence-corrected chi connectivity index (χ0v) is 12.1. The van der Waals surface area contributed by atoms with E-state index in [0.717, 1.165) is 10.7 Å². The first-order valence-corrected chi connectivity index (χ1v) is 7.55. The van der Waals surface area contributed by atoms with Crippen molar-refractivity contribution in [1.82, 2.24) is 14.9 Å². The monoisotopic (exact) mass is 336 g/mol. The quantitative estimate of drug-likeness (QED) is 0.593. The summed E-state index contributed by atoms with van der Waals surface area (Å²) in [4.78, 5) is 0. The summed E-state index contributed by atoms with van der Waals surface area (Å²) in [6.07, 6.45) is -1.90. The highest BCUT2D eigenvalue weighted by Gasteiger charge is 2.35. The van der Waals surface area contributed by atoms with Crippen LogP contribution in [0.25, 0.3) is 11.3 Å². The lowest BCUT2D eigenvalue weighted by Crippen LogP contribution is -2.40. The molecular weight excluding hydrogens is 325 g/mol. The van der Waals surface area contributed by atoms with Crippen molar-refractivity contribution in [2.75, 3.05) is 5.75 Å². The second kappa shape index (κ2) is 5.65. The lowest BCUT2D eigenvalue weighted by atomic mass is 10.2. The first-order chi connectivity index (χ1) is 10.1. The van der Waals surface area contributed by atoms with Crippen molar-refractivity contribution >= 4 is 10.1 Å². The lowest BCUT2D eigenvalue weighted by molar-refractivity contribution is -0.750. The molecule has 0 aromatic carbocycles. The summed E-state index contributed by atoms with van der Waals surface area (Å²) in [6, 6.07) is 2.33. The van der Waals surface area contributed by atoms with E-state index < -0.39 is 27.7 Å². The molecule has 0 spiro atoms. The number of aromatic nitrogens is 4.